The lowest BCUT2D eigenvalue weighted by atomic mass is 9.54. The summed E-state index contributed by atoms with van der Waals surface area (Å²) in [6.45, 7) is 6.81. The molecule has 1 spiro atoms. The number of rotatable bonds is 1. The molecular formula is C21H23NO6. The van der Waals surface area contributed by atoms with Crippen molar-refractivity contribution in [1.29, 1.82) is 0 Å². The summed E-state index contributed by atoms with van der Waals surface area (Å²) in [7, 11) is 0. The number of hydrogen-bond acceptors (Lipinski definition) is 6. The fraction of sp³-hybridized carbons (Fsp3) is 0.476. The van der Waals surface area contributed by atoms with Crippen molar-refractivity contribution in [1.82, 2.24) is 4.90 Å². The van der Waals surface area contributed by atoms with Gasteiger partial charge in [-0.1, -0.05) is 6.07 Å². The summed E-state index contributed by atoms with van der Waals surface area (Å²) in [5.41, 5.74) is -1.05. The van der Waals surface area contributed by atoms with Crippen molar-refractivity contribution in [2.75, 3.05) is 6.54 Å². The van der Waals surface area contributed by atoms with Crippen LogP contribution in [0.5, 0.6) is 11.5 Å². The highest BCUT2D eigenvalue weighted by atomic mass is 16.6. The van der Waals surface area contributed by atoms with Crippen LogP contribution in [0.25, 0.3) is 0 Å². The molecule has 0 saturated carbocycles. The summed E-state index contributed by atoms with van der Waals surface area (Å²) in [4.78, 5) is 38.1. The second kappa shape index (κ2) is 5.91. The van der Waals surface area contributed by atoms with Crippen LogP contribution in [-0.4, -0.2) is 52.0 Å². The van der Waals surface area contributed by atoms with Gasteiger partial charge in [0.15, 0.2) is 23.4 Å². The van der Waals surface area contributed by atoms with Crippen molar-refractivity contribution < 1.29 is 29.0 Å². The molecule has 7 heteroatoms. The molecule has 1 fully saturated rings. The average Bonchev–Trinajstić information content (AvgIpc) is 2.98. The van der Waals surface area contributed by atoms with Gasteiger partial charge in [0.2, 0.25) is 5.91 Å². The van der Waals surface area contributed by atoms with Gasteiger partial charge in [-0.15, -0.1) is 0 Å². The van der Waals surface area contributed by atoms with Gasteiger partial charge in [-0.25, -0.2) is 0 Å². The van der Waals surface area contributed by atoms with E-state index in [1.165, 1.54) is 26.0 Å². The summed E-state index contributed by atoms with van der Waals surface area (Å²) in [6.07, 6.45) is 2.24. The van der Waals surface area contributed by atoms with Gasteiger partial charge in [-0.2, -0.15) is 0 Å². The molecule has 4 atom stereocenters. The highest BCUT2D eigenvalue weighted by Gasteiger charge is 2.69. The molecule has 148 valence electrons. The molecule has 0 unspecified atom stereocenters. The van der Waals surface area contributed by atoms with Crippen LogP contribution in [0.2, 0.25) is 0 Å². The van der Waals surface area contributed by atoms with Crippen LogP contribution in [0.4, 0.5) is 0 Å². The highest BCUT2D eigenvalue weighted by Crippen LogP contribution is 2.60. The van der Waals surface area contributed by atoms with Gasteiger partial charge in [0.1, 0.15) is 5.60 Å². The topological polar surface area (TPSA) is 93.1 Å². The van der Waals surface area contributed by atoms with E-state index in [2.05, 4.69) is 0 Å². The Labute approximate surface area is 162 Å². The number of benzene rings is 1. The zero-order valence-corrected chi connectivity index (χ0v) is 16.3. The Kier molecular flexibility index (Phi) is 3.94. The summed E-state index contributed by atoms with van der Waals surface area (Å²) in [5.74, 6) is -0.339. The molecule has 28 heavy (non-hydrogen) atoms. The van der Waals surface area contributed by atoms with E-state index in [-0.39, 0.29) is 17.4 Å². The SMILES string of the molecule is CC(=O)Oc1ccc(C)c2c1O[C@H]1C(=O)C=C[C@@]3(O)[C@@H](C)N(C(C)=O)CC[C@]213. The van der Waals surface area contributed by atoms with E-state index in [0.29, 0.717) is 24.3 Å². The zero-order chi connectivity index (χ0) is 20.4. The van der Waals surface area contributed by atoms with E-state index in [0.717, 1.165) is 5.56 Å². The molecular weight excluding hydrogens is 362 g/mol. The van der Waals surface area contributed by atoms with E-state index in [1.54, 1.807) is 24.0 Å². The lowest BCUT2D eigenvalue weighted by molar-refractivity contribution is -0.160. The Morgan fingerprint density at radius 3 is 2.68 bits per heavy atom. The minimum absolute atomic E-state index is 0.137. The molecule has 1 aromatic carbocycles. The van der Waals surface area contributed by atoms with Crippen LogP contribution in [0, 0.1) is 6.92 Å². The molecule has 1 amide bonds. The maximum atomic E-state index is 12.8. The number of nitrogens with zero attached hydrogens (tertiary/aromatic N) is 1. The zero-order valence-electron chi connectivity index (χ0n) is 16.3. The van der Waals surface area contributed by atoms with E-state index >= 15 is 0 Å². The molecule has 1 aliphatic carbocycles. The number of fused-ring (bicyclic) bond motifs is 1. The standard InChI is InChI=1S/C21H23NO6/c1-11-5-6-16(27-14(4)24)18-17(11)20-9-10-22(13(3)23)12(2)21(20,26)8-7-15(25)19(20)28-18/h5-8,12,19,26H,9-10H2,1-4H3/t12-,19+,20+,21-/m1/s1. The van der Waals surface area contributed by atoms with Crippen molar-refractivity contribution in [2.24, 2.45) is 0 Å². The number of esters is 1. The molecule has 4 rings (SSSR count). The van der Waals surface area contributed by atoms with Gasteiger partial charge in [0.25, 0.3) is 0 Å². The maximum Gasteiger partial charge on any atom is 0.308 e. The van der Waals surface area contributed by atoms with Crippen molar-refractivity contribution in [3.05, 3.63) is 35.4 Å². The van der Waals surface area contributed by atoms with Gasteiger partial charge >= 0.3 is 5.97 Å². The molecule has 7 nitrogen and oxygen atoms in total. The Hall–Kier alpha value is -2.67. The van der Waals surface area contributed by atoms with Crippen LogP contribution in [-0.2, 0) is 19.8 Å². The Bertz CT molecular complexity index is 937. The molecule has 1 aromatic rings. The average molecular weight is 385 g/mol. The third-order valence-electron chi connectivity index (χ3n) is 6.44. The van der Waals surface area contributed by atoms with Crippen molar-refractivity contribution in [3.8, 4) is 11.5 Å². The fourth-order valence-electron chi connectivity index (χ4n) is 5.20. The van der Waals surface area contributed by atoms with E-state index < -0.39 is 29.1 Å². The first-order valence-electron chi connectivity index (χ1n) is 9.35. The monoisotopic (exact) mass is 385 g/mol. The molecule has 0 radical (unpaired) electrons. The number of aliphatic hydroxyl groups is 1. The number of likely N-dealkylation sites (tertiary alicyclic amines) is 1. The van der Waals surface area contributed by atoms with Gasteiger partial charge in [-0.3, -0.25) is 14.4 Å². The molecule has 3 aliphatic rings. The Balaban J connectivity index is 1.98. The number of piperidine rings is 1. The van der Waals surface area contributed by atoms with Crippen LogP contribution in [0.1, 0.15) is 38.3 Å². The second-order valence-electron chi connectivity index (χ2n) is 7.85. The molecule has 0 bridgehead atoms. The fourth-order valence-corrected chi connectivity index (χ4v) is 5.20. The molecule has 1 N–H and O–H groups in total. The normalized spacial score (nSPS) is 32.9. The lowest BCUT2D eigenvalue weighted by Gasteiger charge is -2.57. The minimum atomic E-state index is -1.50. The largest absolute Gasteiger partial charge is 0.477 e. The lowest BCUT2D eigenvalue weighted by Crippen LogP contribution is -2.72. The first-order valence-corrected chi connectivity index (χ1v) is 9.35. The third-order valence-corrected chi connectivity index (χ3v) is 6.44. The van der Waals surface area contributed by atoms with Crippen molar-refractivity contribution in [3.63, 3.8) is 0 Å². The minimum Gasteiger partial charge on any atom is -0.477 e. The summed E-state index contributed by atoms with van der Waals surface area (Å²) >= 11 is 0. The predicted molar refractivity (Wildman–Crippen MR) is 99.1 cm³/mol. The van der Waals surface area contributed by atoms with E-state index in [4.69, 9.17) is 9.47 Å². The van der Waals surface area contributed by atoms with Gasteiger partial charge in [0, 0.05) is 26.0 Å². The number of amides is 1. The van der Waals surface area contributed by atoms with Crippen molar-refractivity contribution in [2.45, 2.75) is 57.3 Å². The quantitative estimate of drug-likeness (QED) is 0.581. The van der Waals surface area contributed by atoms with Crippen molar-refractivity contribution >= 4 is 17.7 Å². The van der Waals surface area contributed by atoms with Crippen LogP contribution in [0.15, 0.2) is 24.3 Å². The van der Waals surface area contributed by atoms with Gasteiger partial charge in [0.05, 0.1) is 11.5 Å². The smallest absolute Gasteiger partial charge is 0.308 e. The molecule has 0 aromatic heterocycles. The highest BCUT2D eigenvalue weighted by molar-refractivity contribution is 5.99. The van der Waals surface area contributed by atoms with Gasteiger partial charge < -0.3 is 19.5 Å². The molecule has 2 aliphatic heterocycles. The van der Waals surface area contributed by atoms with Crippen LogP contribution >= 0.6 is 0 Å². The molecule has 2 heterocycles. The van der Waals surface area contributed by atoms with Crippen LogP contribution < -0.4 is 9.47 Å². The third kappa shape index (κ3) is 2.16. The first-order chi connectivity index (χ1) is 13.1. The number of carbonyl (C=O) groups excluding carboxylic acids is 3. The van der Waals surface area contributed by atoms with E-state index in [1.807, 2.05) is 6.92 Å². The Morgan fingerprint density at radius 1 is 1.32 bits per heavy atom. The number of ether oxygens (including phenoxy) is 2. The molecule has 1 saturated heterocycles. The number of hydrogen-bond donors (Lipinski definition) is 1. The maximum absolute atomic E-state index is 12.8. The van der Waals surface area contributed by atoms with Gasteiger partial charge in [-0.05, 0) is 44.1 Å². The number of carbonyl (C=O) groups is 3. The Morgan fingerprint density at radius 2 is 2.04 bits per heavy atom. The summed E-state index contributed by atoms with van der Waals surface area (Å²) in [5, 5.41) is 11.9. The first kappa shape index (κ1) is 18.7. The van der Waals surface area contributed by atoms with E-state index in [9.17, 15) is 19.5 Å². The van der Waals surface area contributed by atoms with Crippen LogP contribution in [0.3, 0.4) is 0 Å². The summed E-state index contributed by atoms with van der Waals surface area (Å²) < 4.78 is 11.4. The number of aryl methyl sites for hydroxylation is 1. The predicted octanol–water partition coefficient (Wildman–Crippen LogP) is 1.43. The second-order valence-corrected chi connectivity index (χ2v) is 7.85. The number of ketones is 1. The summed E-state index contributed by atoms with van der Waals surface area (Å²) in [6, 6.07) is 2.87.